The van der Waals surface area contributed by atoms with Crippen molar-refractivity contribution in [2.75, 3.05) is 26.3 Å². The average Bonchev–Trinajstić information content (AvgIpc) is 2.43. The van der Waals surface area contributed by atoms with Crippen LogP contribution in [0.5, 0.6) is 5.75 Å². The minimum Gasteiger partial charge on any atom is -0.492 e. The molecule has 0 saturated carbocycles. The minimum atomic E-state index is -0.961. The number of hydrogen-bond donors (Lipinski definition) is 2. The van der Waals surface area contributed by atoms with Crippen molar-refractivity contribution in [1.82, 2.24) is 5.32 Å². The first-order valence-corrected chi connectivity index (χ1v) is 6.46. The van der Waals surface area contributed by atoms with Crippen molar-refractivity contribution in [3.8, 4) is 5.75 Å². The number of carboxylic acid groups (broad SMARTS) is 1. The maximum absolute atomic E-state index is 11.0. The van der Waals surface area contributed by atoms with Crippen LogP contribution in [-0.2, 0) is 9.53 Å². The summed E-state index contributed by atoms with van der Waals surface area (Å²) in [7, 11) is 0. The first-order valence-electron chi connectivity index (χ1n) is 6.46. The van der Waals surface area contributed by atoms with Crippen molar-refractivity contribution in [3.05, 3.63) is 29.8 Å². The van der Waals surface area contributed by atoms with Gasteiger partial charge in [0.1, 0.15) is 12.4 Å². The Kier molecular flexibility index (Phi) is 7.13. The molecule has 20 heavy (non-hydrogen) atoms. The summed E-state index contributed by atoms with van der Waals surface area (Å²) < 4.78 is 10.2. The molecule has 0 unspecified atom stereocenters. The Morgan fingerprint density at radius 2 is 1.90 bits per heavy atom. The molecule has 1 aromatic carbocycles. The summed E-state index contributed by atoms with van der Waals surface area (Å²) in [6, 6.07) is 6.21. The van der Waals surface area contributed by atoms with Crippen molar-refractivity contribution >= 4 is 11.9 Å². The molecule has 0 bridgehead atoms. The van der Waals surface area contributed by atoms with Gasteiger partial charge in [0, 0.05) is 13.1 Å². The molecule has 0 atom stereocenters. The average molecular weight is 281 g/mol. The lowest BCUT2D eigenvalue weighted by atomic mass is 10.2. The highest BCUT2D eigenvalue weighted by Crippen LogP contribution is 2.11. The van der Waals surface area contributed by atoms with Crippen molar-refractivity contribution in [2.45, 2.75) is 13.3 Å². The van der Waals surface area contributed by atoms with E-state index in [4.69, 9.17) is 14.6 Å². The predicted molar refractivity (Wildman–Crippen MR) is 73.0 cm³/mol. The van der Waals surface area contributed by atoms with Crippen molar-refractivity contribution in [1.29, 1.82) is 0 Å². The number of ether oxygens (including phenoxy) is 2. The summed E-state index contributed by atoms with van der Waals surface area (Å²) >= 11 is 0. The lowest BCUT2D eigenvalue weighted by Crippen LogP contribution is -2.24. The van der Waals surface area contributed by atoms with Crippen LogP contribution >= 0.6 is 0 Å². The zero-order valence-corrected chi connectivity index (χ0v) is 11.4. The standard InChI is InChI=1S/C14H19NO5/c1-2-19-13(16)7-8-15-9-10-20-12-5-3-11(4-6-12)14(17)18/h3-6,15H,2,7-10H2,1H3,(H,17,18). The van der Waals surface area contributed by atoms with Crippen LogP contribution in [0.3, 0.4) is 0 Å². The zero-order valence-electron chi connectivity index (χ0n) is 11.4. The van der Waals surface area contributed by atoms with Gasteiger partial charge in [0.25, 0.3) is 0 Å². The van der Waals surface area contributed by atoms with E-state index in [1.165, 1.54) is 12.1 Å². The number of benzene rings is 1. The number of carbonyl (C=O) groups is 2. The molecule has 6 heteroatoms. The lowest BCUT2D eigenvalue weighted by Gasteiger charge is -2.07. The molecule has 1 rings (SSSR count). The Bertz CT molecular complexity index is 430. The van der Waals surface area contributed by atoms with Crippen LogP contribution in [0.4, 0.5) is 0 Å². The van der Waals surface area contributed by atoms with E-state index >= 15 is 0 Å². The molecule has 0 spiro atoms. The van der Waals surface area contributed by atoms with Gasteiger partial charge in [-0.05, 0) is 31.2 Å². The Morgan fingerprint density at radius 3 is 2.50 bits per heavy atom. The summed E-state index contributed by atoms with van der Waals surface area (Å²) in [6.07, 6.45) is 0.334. The molecule has 0 aliphatic rings. The molecule has 0 saturated heterocycles. The number of hydrogen-bond acceptors (Lipinski definition) is 5. The third kappa shape index (κ3) is 6.19. The number of aromatic carboxylic acids is 1. The number of nitrogens with one attached hydrogen (secondary N) is 1. The van der Waals surface area contributed by atoms with E-state index in [2.05, 4.69) is 5.32 Å². The Morgan fingerprint density at radius 1 is 1.20 bits per heavy atom. The van der Waals surface area contributed by atoms with Gasteiger partial charge in [0.05, 0.1) is 18.6 Å². The van der Waals surface area contributed by atoms with Crippen molar-refractivity contribution < 1.29 is 24.2 Å². The summed E-state index contributed by atoms with van der Waals surface area (Å²) in [6.45, 7) is 3.75. The van der Waals surface area contributed by atoms with Gasteiger partial charge in [-0.3, -0.25) is 4.79 Å². The second-order valence-corrected chi connectivity index (χ2v) is 3.98. The maximum Gasteiger partial charge on any atom is 0.335 e. The Labute approximate surface area is 117 Å². The van der Waals surface area contributed by atoms with Gasteiger partial charge in [0.2, 0.25) is 0 Å². The van der Waals surface area contributed by atoms with Gasteiger partial charge in [-0.25, -0.2) is 4.79 Å². The van der Waals surface area contributed by atoms with E-state index in [1.807, 2.05) is 0 Å². The van der Waals surface area contributed by atoms with Crippen LogP contribution in [0.25, 0.3) is 0 Å². The fourth-order valence-electron chi connectivity index (χ4n) is 1.48. The summed E-state index contributed by atoms with van der Waals surface area (Å²) in [5, 5.41) is 11.8. The molecule has 0 fully saturated rings. The number of rotatable bonds is 9. The van der Waals surface area contributed by atoms with E-state index in [0.29, 0.717) is 38.5 Å². The molecule has 0 heterocycles. The summed E-state index contributed by atoms with van der Waals surface area (Å²) in [4.78, 5) is 21.7. The molecular weight excluding hydrogens is 262 g/mol. The fraction of sp³-hybridized carbons (Fsp3) is 0.429. The largest absolute Gasteiger partial charge is 0.492 e. The molecular formula is C14H19NO5. The molecule has 0 aliphatic heterocycles. The molecule has 1 aromatic rings. The lowest BCUT2D eigenvalue weighted by molar-refractivity contribution is -0.142. The maximum atomic E-state index is 11.0. The van der Waals surface area contributed by atoms with Crippen LogP contribution in [0.1, 0.15) is 23.7 Å². The highest BCUT2D eigenvalue weighted by Gasteiger charge is 2.02. The third-order valence-corrected chi connectivity index (χ3v) is 2.46. The van der Waals surface area contributed by atoms with Gasteiger partial charge in [0.15, 0.2) is 0 Å². The normalized spacial score (nSPS) is 10.1. The van der Waals surface area contributed by atoms with Crippen molar-refractivity contribution in [2.24, 2.45) is 0 Å². The second kappa shape index (κ2) is 8.92. The monoisotopic (exact) mass is 281 g/mol. The number of carbonyl (C=O) groups excluding carboxylic acids is 1. The molecule has 6 nitrogen and oxygen atoms in total. The molecule has 2 N–H and O–H groups in total. The highest BCUT2D eigenvalue weighted by molar-refractivity contribution is 5.87. The van der Waals surface area contributed by atoms with Crippen LogP contribution in [0, 0.1) is 0 Å². The Balaban J connectivity index is 2.12. The topological polar surface area (TPSA) is 84.9 Å². The highest BCUT2D eigenvalue weighted by atomic mass is 16.5. The van der Waals surface area contributed by atoms with E-state index in [9.17, 15) is 9.59 Å². The smallest absolute Gasteiger partial charge is 0.335 e. The third-order valence-electron chi connectivity index (χ3n) is 2.46. The second-order valence-electron chi connectivity index (χ2n) is 3.98. The molecule has 0 radical (unpaired) electrons. The predicted octanol–water partition coefficient (Wildman–Crippen LogP) is 1.31. The van der Waals surface area contributed by atoms with Gasteiger partial charge in [-0.1, -0.05) is 0 Å². The fourth-order valence-corrected chi connectivity index (χ4v) is 1.48. The quantitative estimate of drug-likeness (QED) is 0.524. The molecule has 0 aromatic heterocycles. The van der Waals surface area contributed by atoms with E-state index in [1.54, 1.807) is 19.1 Å². The van der Waals surface area contributed by atoms with E-state index in [0.717, 1.165) is 0 Å². The van der Waals surface area contributed by atoms with Crippen molar-refractivity contribution in [3.63, 3.8) is 0 Å². The number of carboxylic acids is 1. The van der Waals surface area contributed by atoms with Crippen LogP contribution < -0.4 is 10.1 Å². The van der Waals surface area contributed by atoms with E-state index < -0.39 is 5.97 Å². The van der Waals surface area contributed by atoms with Crippen LogP contribution in [0.2, 0.25) is 0 Å². The summed E-state index contributed by atoms with van der Waals surface area (Å²) in [5.41, 5.74) is 0.227. The molecule has 0 aliphatic carbocycles. The van der Waals surface area contributed by atoms with Gasteiger partial charge >= 0.3 is 11.9 Å². The van der Waals surface area contributed by atoms with E-state index in [-0.39, 0.29) is 11.5 Å². The summed E-state index contributed by atoms with van der Waals surface area (Å²) in [5.74, 6) is -0.565. The van der Waals surface area contributed by atoms with Gasteiger partial charge in [-0.15, -0.1) is 0 Å². The van der Waals surface area contributed by atoms with Crippen LogP contribution in [-0.4, -0.2) is 43.3 Å². The van der Waals surface area contributed by atoms with Gasteiger partial charge in [-0.2, -0.15) is 0 Å². The van der Waals surface area contributed by atoms with Crippen LogP contribution in [0.15, 0.2) is 24.3 Å². The zero-order chi connectivity index (χ0) is 14.8. The molecule has 0 amide bonds. The number of esters is 1. The SMILES string of the molecule is CCOC(=O)CCNCCOc1ccc(C(=O)O)cc1. The Hall–Kier alpha value is -2.08. The first kappa shape index (κ1) is 16.0. The molecule has 110 valence electrons. The van der Waals surface area contributed by atoms with Gasteiger partial charge < -0.3 is 19.9 Å². The minimum absolute atomic E-state index is 0.217. The first-order chi connectivity index (χ1) is 9.63.